The van der Waals surface area contributed by atoms with Gasteiger partial charge in [0.05, 0.1) is 28.8 Å². The molecule has 1 saturated heterocycles. The predicted octanol–water partition coefficient (Wildman–Crippen LogP) is 4.10. The van der Waals surface area contributed by atoms with Gasteiger partial charge in [-0.05, 0) is 45.0 Å². The van der Waals surface area contributed by atoms with Gasteiger partial charge in [-0.15, -0.1) is 0 Å². The van der Waals surface area contributed by atoms with Gasteiger partial charge in [0.2, 0.25) is 11.6 Å². The predicted molar refractivity (Wildman–Crippen MR) is 136 cm³/mol. The second-order valence-electron chi connectivity index (χ2n) is 10.3. The van der Waals surface area contributed by atoms with Gasteiger partial charge in [0.15, 0.2) is 0 Å². The van der Waals surface area contributed by atoms with Crippen molar-refractivity contribution in [3.05, 3.63) is 48.2 Å². The third kappa shape index (κ3) is 5.39. The number of aryl methyl sites for hydroxylation is 1. The van der Waals surface area contributed by atoms with Gasteiger partial charge in [-0.1, -0.05) is 5.16 Å². The summed E-state index contributed by atoms with van der Waals surface area (Å²) in [6.07, 6.45) is -2.32. The summed E-state index contributed by atoms with van der Waals surface area (Å²) in [7, 11) is 1.73. The van der Waals surface area contributed by atoms with Crippen LogP contribution in [0, 0.1) is 0 Å². The van der Waals surface area contributed by atoms with Crippen LogP contribution in [-0.4, -0.2) is 72.7 Å². The number of nitrogens with one attached hydrogen (secondary N) is 1. The van der Waals surface area contributed by atoms with E-state index in [1.54, 1.807) is 50.7 Å². The first kappa shape index (κ1) is 27.2. The van der Waals surface area contributed by atoms with Crippen LogP contribution in [0.2, 0.25) is 0 Å². The highest BCUT2D eigenvalue weighted by Crippen LogP contribution is 2.31. The second kappa shape index (κ2) is 10.0. The number of ketones is 1. The number of carbonyl (C=O) groups excluding carboxylic acids is 2. The minimum Gasteiger partial charge on any atom is -0.444 e. The number of ether oxygens (including phenoxy) is 1. The average molecular weight is 558 g/mol. The van der Waals surface area contributed by atoms with E-state index < -0.39 is 29.8 Å². The lowest BCUT2D eigenvalue weighted by molar-refractivity contribution is -0.159. The molecule has 0 radical (unpaired) electrons. The van der Waals surface area contributed by atoms with Gasteiger partial charge in [0, 0.05) is 43.8 Å². The van der Waals surface area contributed by atoms with Crippen molar-refractivity contribution in [1.82, 2.24) is 34.9 Å². The molecule has 14 heteroatoms. The quantitative estimate of drug-likeness (QED) is 0.369. The summed E-state index contributed by atoms with van der Waals surface area (Å²) in [6, 6.07) is 5.64. The zero-order chi connectivity index (χ0) is 28.8. The summed E-state index contributed by atoms with van der Waals surface area (Å²) >= 11 is 0. The molecule has 0 aromatic carbocycles. The molecule has 1 atom stereocenters. The zero-order valence-corrected chi connectivity index (χ0v) is 22.1. The van der Waals surface area contributed by atoms with E-state index in [0.717, 1.165) is 0 Å². The van der Waals surface area contributed by atoms with Crippen LogP contribution in [-0.2, 0) is 18.0 Å². The monoisotopic (exact) mass is 557 g/mol. The molecular weight excluding hydrogens is 531 g/mol. The van der Waals surface area contributed by atoms with E-state index in [9.17, 15) is 22.8 Å². The molecule has 1 unspecified atom stereocenters. The third-order valence-electron chi connectivity index (χ3n) is 6.30. The van der Waals surface area contributed by atoms with Crippen molar-refractivity contribution in [1.29, 1.82) is 0 Å². The molecule has 4 aromatic rings. The summed E-state index contributed by atoms with van der Waals surface area (Å²) in [5, 5.41) is 7.27. The number of hydrogen-bond acceptors (Lipinski definition) is 9. The normalized spacial score (nSPS) is 16.4. The van der Waals surface area contributed by atoms with Crippen molar-refractivity contribution < 1.29 is 32.0 Å². The van der Waals surface area contributed by atoms with E-state index in [4.69, 9.17) is 4.74 Å². The van der Waals surface area contributed by atoms with Gasteiger partial charge in [-0.25, -0.2) is 4.79 Å². The Labute approximate surface area is 226 Å². The number of aromatic nitrogens is 5. The Kier molecular flexibility index (Phi) is 6.82. The number of hydrogen-bond donors (Lipinski definition) is 1. The molecular formula is C26H26F3N7O4. The SMILES string of the molecule is Cn1c(C(=O)C2CNCCN2C(=O)OC(C)(C)C)cc2cc(-c3cc(-c4noc(C(F)(F)F)n4)ccn3)ncc21. The van der Waals surface area contributed by atoms with E-state index in [1.165, 1.54) is 23.2 Å². The fourth-order valence-electron chi connectivity index (χ4n) is 4.42. The number of alkyl halides is 3. The Hall–Kier alpha value is -4.33. The van der Waals surface area contributed by atoms with Gasteiger partial charge in [0.1, 0.15) is 11.6 Å². The highest BCUT2D eigenvalue weighted by atomic mass is 19.4. The molecule has 1 N–H and O–H groups in total. The number of piperazine rings is 1. The Balaban J connectivity index is 1.44. The van der Waals surface area contributed by atoms with Crippen LogP contribution in [0.5, 0.6) is 0 Å². The highest BCUT2D eigenvalue weighted by molar-refractivity contribution is 6.04. The van der Waals surface area contributed by atoms with Crippen molar-refractivity contribution in [2.24, 2.45) is 7.05 Å². The van der Waals surface area contributed by atoms with Crippen LogP contribution in [0.3, 0.4) is 0 Å². The molecule has 0 bridgehead atoms. The molecule has 0 aliphatic carbocycles. The Morgan fingerprint density at radius 2 is 1.88 bits per heavy atom. The van der Waals surface area contributed by atoms with E-state index in [2.05, 4.69) is 29.9 Å². The molecule has 11 nitrogen and oxygen atoms in total. The van der Waals surface area contributed by atoms with Crippen molar-refractivity contribution in [3.63, 3.8) is 0 Å². The molecule has 1 aliphatic rings. The number of pyridine rings is 2. The zero-order valence-electron chi connectivity index (χ0n) is 22.1. The number of nitrogens with zero attached hydrogens (tertiary/aromatic N) is 6. The topological polar surface area (TPSA) is 128 Å². The van der Waals surface area contributed by atoms with Gasteiger partial charge < -0.3 is 19.1 Å². The molecule has 0 saturated carbocycles. The maximum absolute atomic E-state index is 13.7. The summed E-state index contributed by atoms with van der Waals surface area (Å²) in [6.45, 7) is 6.46. The Morgan fingerprint density at radius 1 is 1.12 bits per heavy atom. The molecule has 0 spiro atoms. The summed E-state index contributed by atoms with van der Waals surface area (Å²) in [5.41, 5.74) is 1.40. The standard InChI is InChI=1S/C26H26F3N7O4/c1-25(2,3)39-24(38)36-8-7-30-12-20(36)21(37)18-11-15-10-17(32-13-19(15)35(18)4)16-9-14(5-6-31-16)22-33-23(40-34-22)26(27,28)29/h5-6,9-11,13,20,30H,7-8,12H2,1-4H3. The number of halogens is 3. The Morgan fingerprint density at radius 3 is 2.58 bits per heavy atom. The number of carbonyl (C=O) groups is 2. The number of fused-ring (bicyclic) bond motifs is 1. The van der Waals surface area contributed by atoms with E-state index in [-0.39, 0.29) is 23.7 Å². The molecule has 1 fully saturated rings. The molecule has 210 valence electrons. The first-order valence-electron chi connectivity index (χ1n) is 12.4. The van der Waals surface area contributed by atoms with E-state index in [0.29, 0.717) is 41.1 Å². The van der Waals surface area contributed by atoms with Gasteiger partial charge >= 0.3 is 18.2 Å². The molecule has 5 heterocycles. The van der Waals surface area contributed by atoms with Crippen LogP contribution >= 0.6 is 0 Å². The van der Waals surface area contributed by atoms with E-state index in [1.807, 2.05) is 0 Å². The van der Waals surface area contributed by atoms with Gasteiger partial charge in [-0.2, -0.15) is 18.2 Å². The van der Waals surface area contributed by atoms with Crippen LogP contribution < -0.4 is 5.32 Å². The van der Waals surface area contributed by atoms with Gasteiger partial charge in [-0.3, -0.25) is 19.7 Å². The molecule has 5 rings (SSSR count). The van der Waals surface area contributed by atoms with Crippen molar-refractivity contribution in [2.75, 3.05) is 19.6 Å². The van der Waals surface area contributed by atoms with Crippen molar-refractivity contribution in [3.8, 4) is 22.8 Å². The van der Waals surface area contributed by atoms with Crippen LogP contribution in [0.4, 0.5) is 18.0 Å². The second-order valence-corrected chi connectivity index (χ2v) is 10.3. The fourth-order valence-corrected chi connectivity index (χ4v) is 4.42. The maximum atomic E-state index is 13.7. The lowest BCUT2D eigenvalue weighted by atomic mass is 10.1. The number of Topliss-reactive ketones (excluding diaryl/α,β-unsaturated/α-hetero) is 1. The average Bonchev–Trinajstić information content (AvgIpc) is 3.53. The largest absolute Gasteiger partial charge is 0.471 e. The Bertz CT molecular complexity index is 1590. The number of amides is 1. The lowest BCUT2D eigenvalue weighted by Crippen LogP contribution is -2.58. The summed E-state index contributed by atoms with van der Waals surface area (Å²) in [4.78, 5) is 40.1. The molecule has 1 amide bonds. The molecule has 40 heavy (non-hydrogen) atoms. The molecule has 4 aromatic heterocycles. The fraction of sp³-hybridized carbons (Fsp3) is 0.385. The maximum Gasteiger partial charge on any atom is 0.471 e. The minimum absolute atomic E-state index is 0.236. The summed E-state index contributed by atoms with van der Waals surface area (Å²) < 4.78 is 50.2. The van der Waals surface area contributed by atoms with E-state index >= 15 is 0 Å². The number of rotatable bonds is 4. The van der Waals surface area contributed by atoms with Crippen LogP contribution in [0.25, 0.3) is 33.7 Å². The minimum atomic E-state index is -4.76. The lowest BCUT2D eigenvalue weighted by Gasteiger charge is -2.36. The van der Waals surface area contributed by atoms with Crippen LogP contribution in [0.15, 0.2) is 41.2 Å². The van der Waals surface area contributed by atoms with Crippen molar-refractivity contribution >= 4 is 22.8 Å². The van der Waals surface area contributed by atoms with Crippen LogP contribution in [0.1, 0.15) is 37.2 Å². The molecule has 1 aliphatic heterocycles. The first-order chi connectivity index (χ1) is 18.8. The van der Waals surface area contributed by atoms with Crippen molar-refractivity contribution in [2.45, 2.75) is 38.6 Å². The smallest absolute Gasteiger partial charge is 0.444 e. The van der Waals surface area contributed by atoms with Gasteiger partial charge in [0.25, 0.3) is 0 Å². The highest BCUT2D eigenvalue weighted by Gasteiger charge is 2.39. The first-order valence-corrected chi connectivity index (χ1v) is 12.4. The summed E-state index contributed by atoms with van der Waals surface area (Å²) in [5.74, 6) is -1.93. The third-order valence-corrected chi connectivity index (χ3v) is 6.30.